The second-order valence-electron chi connectivity index (χ2n) is 6.31. The molecule has 0 aromatic heterocycles. The first-order valence-electron chi connectivity index (χ1n) is 6.77. The van der Waals surface area contributed by atoms with Crippen molar-refractivity contribution in [3.05, 3.63) is 22.8 Å². The zero-order valence-corrected chi connectivity index (χ0v) is 12.0. The van der Waals surface area contributed by atoms with Gasteiger partial charge in [0.25, 0.3) is 0 Å². The molecule has 0 aromatic rings. The third kappa shape index (κ3) is 2.66. The molecule has 1 fully saturated rings. The molecule has 0 bridgehead atoms. The van der Waals surface area contributed by atoms with Crippen LogP contribution in [0.25, 0.3) is 0 Å². The molecular weight excluding hydrogens is 224 g/mol. The van der Waals surface area contributed by atoms with E-state index in [4.69, 9.17) is 0 Å². The number of nitrogens with one attached hydrogen (secondary N) is 1. The van der Waals surface area contributed by atoms with E-state index in [2.05, 4.69) is 32.2 Å². The van der Waals surface area contributed by atoms with E-state index in [9.17, 15) is 4.79 Å². The van der Waals surface area contributed by atoms with E-state index < -0.39 is 0 Å². The highest BCUT2D eigenvalue weighted by Crippen LogP contribution is 2.30. The van der Waals surface area contributed by atoms with Gasteiger partial charge in [-0.05, 0) is 24.3 Å². The number of carbonyl (C=O) groups is 1. The number of hydrogen-bond donors (Lipinski definition) is 1. The number of nitrogens with zero attached hydrogens (tertiary/aromatic N) is 1. The van der Waals surface area contributed by atoms with Crippen molar-refractivity contribution in [3.8, 4) is 0 Å². The molecule has 100 valence electrons. The highest BCUT2D eigenvalue weighted by molar-refractivity contribution is 5.94. The maximum absolute atomic E-state index is 12.3. The fourth-order valence-electron chi connectivity index (χ4n) is 2.44. The maximum Gasteiger partial charge on any atom is 0.249 e. The van der Waals surface area contributed by atoms with E-state index in [1.807, 2.05) is 11.8 Å². The summed E-state index contributed by atoms with van der Waals surface area (Å²) in [6.07, 6.45) is 3.24. The predicted molar refractivity (Wildman–Crippen MR) is 74.3 cm³/mol. The molecule has 2 aliphatic heterocycles. The van der Waals surface area contributed by atoms with Crippen LogP contribution in [0, 0.1) is 5.41 Å². The zero-order chi connectivity index (χ0) is 13.3. The molecule has 0 radical (unpaired) electrons. The lowest BCUT2D eigenvalue weighted by Gasteiger charge is -2.33. The van der Waals surface area contributed by atoms with E-state index in [1.54, 1.807) is 0 Å². The van der Waals surface area contributed by atoms with Crippen molar-refractivity contribution in [1.29, 1.82) is 0 Å². The summed E-state index contributed by atoms with van der Waals surface area (Å²) in [7, 11) is 0. The van der Waals surface area contributed by atoms with Crippen LogP contribution in [0.5, 0.6) is 0 Å². The van der Waals surface area contributed by atoms with Crippen LogP contribution in [0.3, 0.4) is 0 Å². The molecular formula is C15H24N2O. The van der Waals surface area contributed by atoms with E-state index in [-0.39, 0.29) is 11.3 Å². The van der Waals surface area contributed by atoms with E-state index in [1.165, 1.54) is 11.1 Å². The second-order valence-corrected chi connectivity index (χ2v) is 6.31. The topological polar surface area (TPSA) is 32.3 Å². The maximum atomic E-state index is 12.3. The van der Waals surface area contributed by atoms with Gasteiger partial charge in [-0.1, -0.05) is 32.4 Å². The van der Waals surface area contributed by atoms with Gasteiger partial charge >= 0.3 is 0 Å². The molecule has 0 atom stereocenters. The van der Waals surface area contributed by atoms with Crippen molar-refractivity contribution in [2.45, 2.75) is 34.1 Å². The second kappa shape index (κ2) is 4.88. The van der Waals surface area contributed by atoms with Gasteiger partial charge in [0.1, 0.15) is 0 Å². The molecule has 2 heterocycles. The Labute approximate surface area is 110 Å². The highest BCUT2D eigenvalue weighted by Gasteiger charge is 2.25. The average Bonchev–Trinajstić information content (AvgIpc) is 2.24. The van der Waals surface area contributed by atoms with Crippen molar-refractivity contribution >= 4 is 5.91 Å². The van der Waals surface area contributed by atoms with Crippen molar-refractivity contribution < 1.29 is 4.79 Å². The van der Waals surface area contributed by atoms with Crippen molar-refractivity contribution in [2.24, 2.45) is 5.41 Å². The van der Waals surface area contributed by atoms with Gasteiger partial charge in [-0.25, -0.2) is 0 Å². The molecule has 0 spiro atoms. The SMILES string of the molecule is CC(C(=O)N1CC=C(C(C)(C)C)CC1)=C1CNC1. The van der Waals surface area contributed by atoms with Gasteiger partial charge in [0.15, 0.2) is 0 Å². The van der Waals surface area contributed by atoms with E-state index >= 15 is 0 Å². The number of carbonyl (C=O) groups excluding carboxylic acids is 1. The lowest BCUT2D eigenvalue weighted by Crippen LogP contribution is -2.41. The molecule has 18 heavy (non-hydrogen) atoms. The molecule has 2 aliphatic rings. The quantitative estimate of drug-likeness (QED) is 0.569. The monoisotopic (exact) mass is 248 g/mol. The predicted octanol–water partition coefficient (Wildman–Crippen LogP) is 2.11. The molecule has 0 unspecified atom stereocenters. The summed E-state index contributed by atoms with van der Waals surface area (Å²) in [4.78, 5) is 14.3. The van der Waals surface area contributed by atoms with Crippen molar-refractivity contribution in [2.75, 3.05) is 26.2 Å². The Balaban J connectivity index is 2.02. The molecule has 3 nitrogen and oxygen atoms in total. The summed E-state index contributed by atoms with van der Waals surface area (Å²) in [6, 6.07) is 0. The first-order chi connectivity index (χ1) is 8.39. The van der Waals surface area contributed by atoms with Crippen molar-refractivity contribution in [1.82, 2.24) is 10.2 Å². The lowest BCUT2D eigenvalue weighted by atomic mass is 9.83. The number of hydrogen-bond acceptors (Lipinski definition) is 2. The number of amides is 1. The molecule has 0 aliphatic carbocycles. The summed E-state index contributed by atoms with van der Waals surface area (Å²) in [5.41, 5.74) is 3.93. The van der Waals surface area contributed by atoms with Gasteiger partial charge < -0.3 is 10.2 Å². The van der Waals surface area contributed by atoms with E-state index in [0.717, 1.165) is 38.2 Å². The number of rotatable bonds is 1. The average molecular weight is 248 g/mol. The summed E-state index contributed by atoms with van der Waals surface area (Å²) < 4.78 is 0. The lowest BCUT2D eigenvalue weighted by molar-refractivity contribution is -0.126. The summed E-state index contributed by atoms with van der Waals surface area (Å²) in [5, 5.41) is 3.19. The molecule has 0 saturated carbocycles. The minimum absolute atomic E-state index is 0.218. The summed E-state index contributed by atoms with van der Waals surface area (Å²) in [5.74, 6) is 0.218. The Kier molecular flexibility index (Phi) is 3.62. The molecule has 1 saturated heterocycles. The van der Waals surface area contributed by atoms with Crippen molar-refractivity contribution in [3.63, 3.8) is 0 Å². The van der Waals surface area contributed by atoms with Crippen LogP contribution < -0.4 is 5.32 Å². The van der Waals surface area contributed by atoms with Gasteiger partial charge in [0.05, 0.1) is 0 Å². The highest BCUT2D eigenvalue weighted by atomic mass is 16.2. The third-order valence-electron chi connectivity index (χ3n) is 3.99. The van der Waals surface area contributed by atoms with Gasteiger partial charge in [-0.2, -0.15) is 0 Å². The standard InChI is InChI=1S/C15H24N2O/c1-11(12-9-16-10-12)14(18)17-7-5-13(6-8-17)15(2,3)4/h5,16H,6-10H2,1-4H3. The fraction of sp³-hybridized carbons (Fsp3) is 0.667. The Morgan fingerprint density at radius 1 is 1.33 bits per heavy atom. The largest absolute Gasteiger partial charge is 0.335 e. The van der Waals surface area contributed by atoms with Crippen LogP contribution in [0.1, 0.15) is 34.1 Å². The Hall–Kier alpha value is -1.09. The molecule has 0 aromatic carbocycles. The Bertz CT molecular complexity index is 407. The molecule has 1 amide bonds. The third-order valence-corrected chi connectivity index (χ3v) is 3.99. The van der Waals surface area contributed by atoms with Crippen LogP contribution >= 0.6 is 0 Å². The van der Waals surface area contributed by atoms with Crippen LogP contribution in [0.2, 0.25) is 0 Å². The van der Waals surface area contributed by atoms with Gasteiger partial charge in [-0.3, -0.25) is 4.79 Å². The minimum atomic E-state index is 0.218. The van der Waals surface area contributed by atoms with Gasteiger partial charge in [-0.15, -0.1) is 0 Å². The van der Waals surface area contributed by atoms with Crippen LogP contribution in [-0.2, 0) is 4.79 Å². The first kappa shape index (κ1) is 13.3. The first-order valence-corrected chi connectivity index (χ1v) is 6.77. The molecule has 2 rings (SSSR count). The normalized spacial score (nSPS) is 20.3. The van der Waals surface area contributed by atoms with Crippen LogP contribution in [-0.4, -0.2) is 37.0 Å². The minimum Gasteiger partial charge on any atom is -0.335 e. The molecule has 1 N–H and O–H groups in total. The summed E-state index contributed by atoms with van der Waals surface area (Å²) >= 11 is 0. The zero-order valence-electron chi connectivity index (χ0n) is 12.0. The fourth-order valence-corrected chi connectivity index (χ4v) is 2.44. The van der Waals surface area contributed by atoms with Crippen LogP contribution in [0.4, 0.5) is 0 Å². The van der Waals surface area contributed by atoms with Crippen LogP contribution in [0.15, 0.2) is 22.8 Å². The Morgan fingerprint density at radius 3 is 2.39 bits per heavy atom. The van der Waals surface area contributed by atoms with Gasteiger partial charge in [0.2, 0.25) is 5.91 Å². The molecule has 3 heteroatoms. The smallest absolute Gasteiger partial charge is 0.249 e. The summed E-state index contributed by atoms with van der Waals surface area (Å²) in [6.45, 7) is 12.1. The Morgan fingerprint density at radius 2 is 2.00 bits per heavy atom. The van der Waals surface area contributed by atoms with E-state index in [0.29, 0.717) is 0 Å². The van der Waals surface area contributed by atoms with Gasteiger partial charge in [0, 0.05) is 31.8 Å².